The highest BCUT2D eigenvalue weighted by atomic mass is 35.5. The predicted octanol–water partition coefficient (Wildman–Crippen LogP) is 1.74. The third-order valence-electron chi connectivity index (χ3n) is 2.51. The minimum atomic E-state index is -0.156. The van der Waals surface area contributed by atoms with E-state index in [1.54, 1.807) is 41.2 Å². The molecule has 1 amide bonds. The van der Waals surface area contributed by atoms with Crippen molar-refractivity contribution in [2.45, 2.75) is 6.54 Å². The van der Waals surface area contributed by atoms with Crippen LogP contribution >= 0.6 is 11.6 Å². The van der Waals surface area contributed by atoms with Gasteiger partial charge in [-0.3, -0.25) is 9.48 Å². The third kappa shape index (κ3) is 2.68. The van der Waals surface area contributed by atoms with E-state index in [0.717, 1.165) is 5.56 Å². The van der Waals surface area contributed by atoms with Crippen LogP contribution in [0.2, 0.25) is 5.15 Å². The maximum absolute atomic E-state index is 12.2. The second-order valence-electron chi connectivity index (χ2n) is 4.03. The molecule has 0 saturated heterocycles. The number of carbonyl (C=O) groups excluding carboxylic acids is 1. The largest absolute Gasteiger partial charge is 0.337 e. The number of aryl methyl sites for hydroxylation is 1. The van der Waals surface area contributed by atoms with E-state index in [0.29, 0.717) is 12.1 Å². The fourth-order valence-corrected chi connectivity index (χ4v) is 1.85. The molecule has 18 heavy (non-hydrogen) atoms. The molecule has 0 aromatic carbocycles. The summed E-state index contributed by atoms with van der Waals surface area (Å²) in [6.45, 7) is 0.484. The van der Waals surface area contributed by atoms with Crippen LogP contribution in [0.1, 0.15) is 15.9 Å². The highest BCUT2D eigenvalue weighted by molar-refractivity contribution is 6.32. The Hall–Kier alpha value is -1.88. The first-order chi connectivity index (χ1) is 8.58. The van der Waals surface area contributed by atoms with Crippen molar-refractivity contribution in [2.24, 2.45) is 7.05 Å². The van der Waals surface area contributed by atoms with Crippen molar-refractivity contribution in [3.05, 3.63) is 47.0 Å². The average Bonchev–Trinajstić information content (AvgIpc) is 2.74. The average molecular weight is 265 g/mol. The van der Waals surface area contributed by atoms with E-state index >= 15 is 0 Å². The zero-order valence-electron chi connectivity index (χ0n) is 10.2. The zero-order chi connectivity index (χ0) is 13.1. The van der Waals surface area contributed by atoms with E-state index in [9.17, 15) is 4.79 Å². The van der Waals surface area contributed by atoms with Gasteiger partial charge in [0.25, 0.3) is 5.91 Å². The number of pyridine rings is 1. The topological polar surface area (TPSA) is 51.0 Å². The summed E-state index contributed by atoms with van der Waals surface area (Å²) < 4.78 is 1.70. The summed E-state index contributed by atoms with van der Waals surface area (Å²) in [5.41, 5.74) is 1.37. The van der Waals surface area contributed by atoms with Crippen molar-refractivity contribution in [1.82, 2.24) is 19.7 Å². The first-order valence-corrected chi connectivity index (χ1v) is 5.79. The summed E-state index contributed by atoms with van der Waals surface area (Å²) in [4.78, 5) is 17.6. The molecule has 0 N–H and O–H groups in total. The van der Waals surface area contributed by atoms with Gasteiger partial charge in [-0.1, -0.05) is 11.6 Å². The SMILES string of the molecule is CN(Cc1cnn(C)c1)C(=O)c1cccnc1Cl. The minimum absolute atomic E-state index is 0.156. The van der Waals surface area contributed by atoms with E-state index in [1.807, 2.05) is 13.2 Å². The fraction of sp³-hybridized carbons (Fsp3) is 0.250. The first-order valence-electron chi connectivity index (χ1n) is 5.41. The summed E-state index contributed by atoms with van der Waals surface area (Å²) in [5, 5.41) is 4.28. The summed E-state index contributed by atoms with van der Waals surface area (Å²) in [6.07, 6.45) is 5.16. The summed E-state index contributed by atoms with van der Waals surface area (Å²) in [6, 6.07) is 3.36. The molecule has 2 aromatic heterocycles. The number of amides is 1. The molecular formula is C12H13ClN4O. The van der Waals surface area contributed by atoms with Crippen molar-refractivity contribution in [1.29, 1.82) is 0 Å². The molecule has 0 unspecified atom stereocenters. The Morgan fingerprint density at radius 1 is 1.56 bits per heavy atom. The van der Waals surface area contributed by atoms with Crippen LogP contribution in [0.25, 0.3) is 0 Å². The normalized spacial score (nSPS) is 10.4. The molecule has 0 spiro atoms. The third-order valence-corrected chi connectivity index (χ3v) is 2.82. The molecule has 0 atom stereocenters. The van der Waals surface area contributed by atoms with Crippen LogP contribution < -0.4 is 0 Å². The van der Waals surface area contributed by atoms with Crippen molar-refractivity contribution >= 4 is 17.5 Å². The van der Waals surface area contributed by atoms with Crippen molar-refractivity contribution in [2.75, 3.05) is 7.05 Å². The summed E-state index contributed by atoms with van der Waals surface area (Å²) in [7, 11) is 3.56. The number of carbonyl (C=O) groups is 1. The second kappa shape index (κ2) is 5.18. The van der Waals surface area contributed by atoms with Crippen LogP contribution in [0.15, 0.2) is 30.7 Å². The van der Waals surface area contributed by atoms with E-state index in [2.05, 4.69) is 10.1 Å². The van der Waals surface area contributed by atoms with E-state index in [1.165, 1.54) is 0 Å². The molecule has 5 nitrogen and oxygen atoms in total. The smallest absolute Gasteiger partial charge is 0.257 e. The lowest BCUT2D eigenvalue weighted by molar-refractivity contribution is 0.0785. The zero-order valence-corrected chi connectivity index (χ0v) is 10.9. The van der Waals surface area contributed by atoms with E-state index in [-0.39, 0.29) is 11.1 Å². The molecule has 0 bridgehead atoms. The summed E-state index contributed by atoms with van der Waals surface area (Å²) >= 11 is 5.90. The molecule has 0 aliphatic carbocycles. The van der Waals surface area contributed by atoms with Gasteiger partial charge in [0.05, 0.1) is 11.8 Å². The number of hydrogen-bond acceptors (Lipinski definition) is 3. The van der Waals surface area contributed by atoms with Gasteiger partial charge in [-0.25, -0.2) is 4.98 Å². The van der Waals surface area contributed by atoms with Crippen molar-refractivity contribution < 1.29 is 4.79 Å². The van der Waals surface area contributed by atoms with Crippen LogP contribution in [0, 0.1) is 0 Å². The number of aromatic nitrogens is 3. The Labute approximate surface area is 110 Å². The molecular weight excluding hydrogens is 252 g/mol. The van der Waals surface area contributed by atoms with Gasteiger partial charge in [-0.15, -0.1) is 0 Å². The Kier molecular flexibility index (Phi) is 3.62. The highest BCUT2D eigenvalue weighted by Crippen LogP contribution is 2.14. The molecule has 2 aromatic rings. The highest BCUT2D eigenvalue weighted by Gasteiger charge is 2.16. The Balaban J connectivity index is 2.12. The van der Waals surface area contributed by atoms with Gasteiger partial charge in [0.2, 0.25) is 0 Å². The van der Waals surface area contributed by atoms with E-state index in [4.69, 9.17) is 11.6 Å². The molecule has 0 aliphatic heterocycles. The second-order valence-corrected chi connectivity index (χ2v) is 4.38. The van der Waals surface area contributed by atoms with Crippen LogP contribution in [-0.4, -0.2) is 32.6 Å². The van der Waals surface area contributed by atoms with Gasteiger partial charge in [0.15, 0.2) is 0 Å². The molecule has 2 heterocycles. The number of nitrogens with zero attached hydrogens (tertiary/aromatic N) is 4. The lowest BCUT2D eigenvalue weighted by atomic mass is 10.2. The van der Waals surface area contributed by atoms with Gasteiger partial charge in [-0.05, 0) is 12.1 Å². The van der Waals surface area contributed by atoms with Crippen LogP contribution in [-0.2, 0) is 13.6 Å². The predicted molar refractivity (Wildman–Crippen MR) is 68.3 cm³/mol. The molecule has 0 fully saturated rings. The maximum Gasteiger partial charge on any atom is 0.257 e. The summed E-state index contributed by atoms with van der Waals surface area (Å²) in [5.74, 6) is -0.156. The van der Waals surface area contributed by atoms with Crippen LogP contribution in [0.3, 0.4) is 0 Å². The van der Waals surface area contributed by atoms with E-state index < -0.39 is 0 Å². The molecule has 0 radical (unpaired) electrons. The van der Waals surface area contributed by atoms with Crippen LogP contribution in [0.4, 0.5) is 0 Å². The van der Waals surface area contributed by atoms with Gasteiger partial charge < -0.3 is 4.90 Å². The van der Waals surface area contributed by atoms with Gasteiger partial charge in [0, 0.05) is 38.6 Å². The minimum Gasteiger partial charge on any atom is -0.337 e. The molecule has 0 aliphatic rings. The maximum atomic E-state index is 12.2. The monoisotopic (exact) mass is 264 g/mol. The van der Waals surface area contributed by atoms with Gasteiger partial charge in [-0.2, -0.15) is 5.10 Å². The Morgan fingerprint density at radius 3 is 2.94 bits per heavy atom. The van der Waals surface area contributed by atoms with Crippen LogP contribution in [0.5, 0.6) is 0 Å². The molecule has 0 saturated carbocycles. The standard InChI is InChI=1S/C12H13ClN4O/c1-16(7-9-6-15-17(2)8-9)12(18)10-4-3-5-14-11(10)13/h3-6,8H,7H2,1-2H3. The Morgan fingerprint density at radius 2 is 2.33 bits per heavy atom. The fourth-order valence-electron chi connectivity index (χ4n) is 1.65. The Bertz CT molecular complexity index is 567. The number of hydrogen-bond donors (Lipinski definition) is 0. The lowest BCUT2D eigenvalue weighted by Crippen LogP contribution is -2.26. The first kappa shape index (κ1) is 12.6. The van der Waals surface area contributed by atoms with Crippen molar-refractivity contribution in [3.63, 3.8) is 0 Å². The molecule has 94 valence electrons. The molecule has 2 rings (SSSR count). The van der Waals surface area contributed by atoms with Gasteiger partial charge in [0.1, 0.15) is 5.15 Å². The van der Waals surface area contributed by atoms with Crippen molar-refractivity contribution in [3.8, 4) is 0 Å². The quantitative estimate of drug-likeness (QED) is 0.794. The number of rotatable bonds is 3. The molecule has 6 heteroatoms. The lowest BCUT2D eigenvalue weighted by Gasteiger charge is -2.16. The number of halogens is 1. The van der Waals surface area contributed by atoms with Gasteiger partial charge >= 0.3 is 0 Å².